The number of carbonyl (C=O) groups is 1. The summed E-state index contributed by atoms with van der Waals surface area (Å²) in [5.41, 5.74) is 2.10. The van der Waals surface area contributed by atoms with Crippen LogP contribution in [0.4, 0.5) is 5.69 Å². The van der Waals surface area contributed by atoms with Gasteiger partial charge in [0.2, 0.25) is 5.91 Å². The molecule has 0 radical (unpaired) electrons. The van der Waals surface area contributed by atoms with Crippen LogP contribution in [-0.4, -0.2) is 42.0 Å². The van der Waals surface area contributed by atoms with E-state index in [9.17, 15) is 4.79 Å². The van der Waals surface area contributed by atoms with Crippen LogP contribution in [0, 0.1) is 0 Å². The van der Waals surface area contributed by atoms with Crippen molar-refractivity contribution in [3.63, 3.8) is 0 Å². The number of piperazine rings is 1. The molecule has 2 heterocycles. The van der Waals surface area contributed by atoms with Crippen LogP contribution >= 0.6 is 0 Å². The van der Waals surface area contributed by atoms with Crippen molar-refractivity contribution >= 4 is 11.6 Å². The molecule has 1 atom stereocenters. The van der Waals surface area contributed by atoms with Gasteiger partial charge in [-0.15, -0.1) is 0 Å². The van der Waals surface area contributed by atoms with E-state index in [1.165, 1.54) is 5.56 Å². The lowest BCUT2D eigenvalue weighted by Crippen LogP contribution is -2.55. The number of pyridine rings is 1. The minimum atomic E-state index is -0.140. The van der Waals surface area contributed by atoms with Gasteiger partial charge in [-0.2, -0.15) is 0 Å². The number of rotatable bonds is 4. The quantitative estimate of drug-likeness (QED) is 0.869. The molecule has 2 aromatic rings. The highest BCUT2D eigenvalue weighted by Crippen LogP contribution is 2.23. The number of ether oxygens (including phenoxy) is 1. The van der Waals surface area contributed by atoms with Gasteiger partial charge in [-0.05, 0) is 48.9 Å². The van der Waals surface area contributed by atoms with Crippen LogP contribution < -0.4 is 9.64 Å². The van der Waals surface area contributed by atoms with E-state index >= 15 is 0 Å². The monoisotopic (exact) mass is 311 g/mol. The van der Waals surface area contributed by atoms with Crippen LogP contribution in [0.25, 0.3) is 0 Å². The number of benzene rings is 1. The lowest BCUT2D eigenvalue weighted by molar-refractivity contribution is -0.125. The second-order valence-electron chi connectivity index (χ2n) is 5.69. The number of amides is 1. The highest BCUT2D eigenvalue weighted by Gasteiger charge is 2.32. The van der Waals surface area contributed by atoms with Gasteiger partial charge in [0.25, 0.3) is 0 Å². The van der Waals surface area contributed by atoms with Crippen LogP contribution in [0.15, 0.2) is 48.8 Å². The fourth-order valence-electron chi connectivity index (χ4n) is 2.87. The Labute approximate surface area is 136 Å². The summed E-state index contributed by atoms with van der Waals surface area (Å²) in [6, 6.07) is 11.5. The Balaban J connectivity index is 1.70. The molecule has 120 valence electrons. The number of anilines is 1. The minimum Gasteiger partial charge on any atom is -0.497 e. The van der Waals surface area contributed by atoms with Crippen molar-refractivity contribution in [1.82, 2.24) is 9.88 Å². The number of nitrogens with zero attached hydrogens (tertiary/aromatic N) is 3. The molecular weight excluding hydrogens is 290 g/mol. The molecule has 5 heteroatoms. The first-order chi connectivity index (χ1) is 11.2. The molecule has 0 N–H and O–H groups in total. The maximum absolute atomic E-state index is 12.7. The highest BCUT2D eigenvalue weighted by molar-refractivity contribution is 5.97. The van der Waals surface area contributed by atoms with Crippen molar-refractivity contribution in [3.8, 4) is 5.75 Å². The molecule has 1 aliphatic rings. The molecule has 1 amide bonds. The van der Waals surface area contributed by atoms with Gasteiger partial charge in [0.05, 0.1) is 13.2 Å². The Kier molecular flexibility index (Phi) is 4.57. The van der Waals surface area contributed by atoms with Crippen molar-refractivity contribution < 1.29 is 9.53 Å². The number of methoxy groups -OCH3 is 1. The first-order valence-electron chi connectivity index (χ1n) is 7.77. The van der Waals surface area contributed by atoms with E-state index in [-0.39, 0.29) is 11.9 Å². The second-order valence-corrected chi connectivity index (χ2v) is 5.69. The van der Waals surface area contributed by atoms with E-state index < -0.39 is 0 Å². The van der Waals surface area contributed by atoms with Gasteiger partial charge in [0, 0.05) is 37.7 Å². The number of hydrogen-bond donors (Lipinski definition) is 0. The largest absolute Gasteiger partial charge is 0.497 e. The fourth-order valence-corrected chi connectivity index (χ4v) is 2.87. The topological polar surface area (TPSA) is 45.7 Å². The Morgan fingerprint density at radius 2 is 1.83 bits per heavy atom. The van der Waals surface area contributed by atoms with Crippen LogP contribution in [-0.2, 0) is 11.3 Å². The van der Waals surface area contributed by atoms with Crippen LogP contribution in [0.5, 0.6) is 5.75 Å². The van der Waals surface area contributed by atoms with Crippen molar-refractivity contribution in [2.24, 2.45) is 0 Å². The third kappa shape index (κ3) is 3.35. The smallest absolute Gasteiger partial charge is 0.244 e. The summed E-state index contributed by atoms with van der Waals surface area (Å²) >= 11 is 0. The molecule has 0 bridgehead atoms. The zero-order valence-corrected chi connectivity index (χ0v) is 13.5. The maximum atomic E-state index is 12.7. The van der Waals surface area contributed by atoms with E-state index in [1.54, 1.807) is 19.5 Å². The zero-order chi connectivity index (χ0) is 16.2. The van der Waals surface area contributed by atoms with Gasteiger partial charge in [0.15, 0.2) is 0 Å². The highest BCUT2D eigenvalue weighted by atomic mass is 16.5. The number of aromatic nitrogens is 1. The van der Waals surface area contributed by atoms with E-state index in [0.29, 0.717) is 6.54 Å². The molecule has 5 nitrogen and oxygen atoms in total. The lowest BCUT2D eigenvalue weighted by Gasteiger charge is -2.39. The third-order valence-corrected chi connectivity index (χ3v) is 4.30. The predicted molar refractivity (Wildman–Crippen MR) is 89.5 cm³/mol. The molecule has 1 saturated heterocycles. The third-order valence-electron chi connectivity index (χ3n) is 4.30. The summed E-state index contributed by atoms with van der Waals surface area (Å²) < 4.78 is 5.17. The summed E-state index contributed by atoms with van der Waals surface area (Å²) in [5, 5.41) is 0. The Morgan fingerprint density at radius 3 is 2.48 bits per heavy atom. The fraction of sp³-hybridized carbons (Fsp3) is 0.333. The molecule has 1 aromatic heterocycles. The number of hydrogen-bond acceptors (Lipinski definition) is 4. The van der Waals surface area contributed by atoms with Crippen molar-refractivity contribution in [2.45, 2.75) is 19.5 Å². The molecule has 0 saturated carbocycles. The van der Waals surface area contributed by atoms with Gasteiger partial charge in [0.1, 0.15) is 5.75 Å². The second kappa shape index (κ2) is 6.79. The van der Waals surface area contributed by atoms with Crippen LogP contribution in [0.2, 0.25) is 0 Å². The standard InChI is InChI=1S/C18H21N3O2/c1-14-18(22)21(16-3-5-17(23-2)6-4-16)12-11-20(14)13-15-7-9-19-10-8-15/h3-10,14H,11-13H2,1-2H3/t14-/m0/s1. The van der Waals surface area contributed by atoms with Gasteiger partial charge in [-0.25, -0.2) is 0 Å². The maximum Gasteiger partial charge on any atom is 0.244 e. The van der Waals surface area contributed by atoms with Gasteiger partial charge < -0.3 is 9.64 Å². The van der Waals surface area contributed by atoms with Gasteiger partial charge in [-0.3, -0.25) is 14.7 Å². The SMILES string of the molecule is COc1ccc(N2CCN(Cc3ccncc3)[C@@H](C)C2=O)cc1. The Morgan fingerprint density at radius 1 is 1.13 bits per heavy atom. The molecule has 0 spiro atoms. The minimum absolute atomic E-state index is 0.135. The molecule has 1 fully saturated rings. The van der Waals surface area contributed by atoms with Gasteiger partial charge >= 0.3 is 0 Å². The average Bonchev–Trinajstić information content (AvgIpc) is 2.60. The Hall–Kier alpha value is -2.40. The molecule has 1 aliphatic heterocycles. The van der Waals surface area contributed by atoms with Crippen LogP contribution in [0.3, 0.4) is 0 Å². The summed E-state index contributed by atoms with van der Waals surface area (Å²) in [6.07, 6.45) is 3.57. The summed E-state index contributed by atoms with van der Waals surface area (Å²) in [5.74, 6) is 0.932. The first-order valence-corrected chi connectivity index (χ1v) is 7.77. The summed E-state index contributed by atoms with van der Waals surface area (Å²) in [4.78, 5) is 20.8. The first kappa shape index (κ1) is 15.5. The molecule has 0 aliphatic carbocycles. The van der Waals surface area contributed by atoms with E-state index in [0.717, 1.165) is 24.5 Å². The van der Waals surface area contributed by atoms with Crippen molar-refractivity contribution in [1.29, 1.82) is 0 Å². The summed E-state index contributed by atoms with van der Waals surface area (Å²) in [7, 11) is 1.64. The Bertz CT molecular complexity index is 658. The molecule has 0 unspecified atom stereocenters. The molecule has 1 aromatic carbocycles. The van der Waals surface area contributed by atoms with Crippen molar-refractivity contribution in [3.05, 3.63) is 54.4 Å². The molecular formula is C18H21N3O2. The van der Waals surface area contributed by atoms with Crippen LogP contribution in [0.1, 0.15) is 12.5 Å². The van der Waals surface area contributed by atoms with E-state index in [4.69, 9.17) is 4.74 Å². The molecule has 23 heavy (non-hydrogen) atoms. The predicted octanol–water partition coefficient (Wildman–Crippen LogP) is 2.33. The van der Waals surface area contributed by atoms with E-state index in [1.807, 2.05) is 48.2 Å². The lowest BCUT2D eigenvalue weighted by atomic mass is 10.1. The number of carbonyl (C=O) groups excluding carboxylic acids is 1. The van der Waals surface area contributed by atoms with E-state index in [2.05, 4.69) is 9.88 Å². The normalized spacial score (nSPS) is 19.0. The van der Waals surface area contributed by atoms with Crippen molar-refractivity contribution in [2.75, 3.05) is 25.1 Å². The zero-order valence-electron chi connectivity index (χ0n) is 13.5. The average molecular weight is 311 g/mol. The summed E-state index contributed by atoms with van der Waals surface area (Å²) in [6.45, 7) is 4.28. The molecule has 3 rings (SSSR count). The van der Waals surface area contributed by atoms with Gasteiger partial charge in [-0.1, -0.05) is 0 Å².